The van der Waals surface area contributed by atoms with Gasteiger partial charge in [0.15, 0.2) is 6.04 Å². The molecule has 190 valence electrons. The molecular weight excluding hydrogens is 467 g/mol. The van der Waals surface area contributed by atoms with Crippen LogP contribution in [0, 0.1) is 17.7 Å². The molecule has 0 aliphatic carbocycles. The van der Waals surface area contributed by atoms with Gasteiger partial charge in [-0.3, -0.25) is 24.5 Å². The first-order valence-electron chi connectivity index (χ1n) is 11.5. The van der Waals surface area contributed by atoms with E-state index in [1.54, 1.807) is 18.2 Å². The number of carbonyl (C=O) groups is 3. The maximum atomic E-state index is 14.6. The minimum atomic E-state index is -1.55. The molecule has 0 saturated carbocycles. The van der Waals surface area contributed by atoms with Crippen LogP contribution in [0.15, 0.2) is 42.5 Å². The van der Waals surface area contributed by atoms with Crippen molar-refractivity contribution in [2.45, 2.75) is 19.0 Å². The van der Waals surface area contributed by atoms with E-state index in [2.05, 4.69) is 22.1 Å². The number of hydrogen-bond acceptors (Lipinski definition) is 6. The summed E-state index contributed by atoms with van der Waals surface area (Å²) in [6.45, 7) is 3.82. The number of benzene rings is 2. The number of halogens is 1. The monoisotopic (exact) mass is 496 g/mol. The number of nitrogens with zero attached hydrogens (tertiary/aromatic N) is 2. The summed E-state index contributed by atoms with van der Waals surface area (Å²) in [5, 5.41) is 11.2. The smallest absolute Gasteiger partial charge is 0.275 e. The molecule has 36 heavy (non-hydrogen) atoms. The summed E-state index contributed by atoms with van der Waals surface area (Å²) in [7, 11) is 2.59. The van der Waals surface area contributed by atoms with Crippen molar-refractivity contribution in [2.75, 3.05) is 40.4 Å². The van der Waals surface area contributed by atoms with Crippen molar-refractivity contribution in [1.82, 2.24) is 20.6 Å². The van der Waals surface area contributed by atoms with Crippen LogP contribution in [-0.4, -0.2) is 79.2 Å². The van der Waals surface area contributed by atoms with E-state index in [-0.39, 0.29) is 11.1 Å². The first-order valence-corrected chi connectivity index (χ1v) is 11.5. The summed E-state index contributed by atoms with van der Waals surface area (Å²) in [5.41, 5.74) is 3.29. The number of ether oxygens (including phenoxy) is 1. The van der Waals surface area contributed by atoms with Crippen LogP contribution in [0.4, 0.5) is 4.39 Å². The first kappa shape index (κ1) is 26.8. The average Bonchev–Trinajstić information content (AvgIpc) is 3.16. The second-order valence-electron chi connectivity index (χ2n) is 8.29. The summed E-state index contributed by atoms with van der Waals surface area (Å²) in [4.78, 5) is 39.7. The number of likely N-dealkylation sites (N-methyl/N-ethyl adjacent to an activating group) is 2. The molecule has 1 aliphatic heterocycles. The second kappa shape index (κ2) is 12.8. The van der Waals surface area contributed by atoms with Crippen LogP contribution in [0.2, 0.25) is 0 Å². The number of carbonyl (C=O) groups excluding carboxylic acids is 3. The third-order valence-corrected chi connectivity index (χ3v) is 5.79. The SMILES string of the molecule is CNC(=O)C(C(=O)NO)N(C)C(=O)c1ccc(C#Cc2ccc(CN3CCCOCC3)cc2F)cc1. The standard InChI is InChI=1S/C26H29FN4O5/c1-28-24(32)23(25(33)29-35)30(2)26(34)21-10-5-18(6-11-21)4-8-20-9-7-19(16-22(20)27)17-31-12-3-14-36-15-13-31/h5-7,9-11,16,23,35H,3,12-15,17H2,1-2H3,(H,28,32)(H,29,33). The van der Waals surface area contributed by atoms with Crippen molar-refractivity contribution >= 4 is 17.7 Å². The zero-order chi connectivity index (χ0) is 26.1. The third kappa shape index (κ3) is 6.88. The normalized spacial score (nSPS) is 14.6. The molecule has 0 radical (unpaired) electrons. The van der Waals surface area contributed by atoms with E-state index in [0.717, 1.165) is 36.6 Å². The first-order chi connectivity index (χ1) is 17.3. The van der Waals surface area contributed by atoms with E-state index in [4.69, 9.17) is 9.94 Å². The minimum Gasteiger partial charge on any atom is -0.380 e. The van der Waals surface area contributed by atoms with Gasteiger partial charge in [0.25, 0.3) is 17.7 Å². The zero-order valence-corrected chi connectivity index (χ0v) is 20.2. The molecule has 1 heterocycles. The van der Waals surface area contributed by atoms with Crippen LogP contribution in [0.5, 0.6) is 0 Å². The number of rotatable bonds is 6. The largest absolute Gasteiger partial charge is 0.380 e. The van der Waals surface area contributed by atoms with Crippen molar-refractivity contribution < 1.29 is 28.7 Å². The highest BCUT2D eigenvalue weighted by Gasteiger charge is 2.33. The van der Waals surface area contributed by atoms with Gasteiger partial charge in [-0.05, 0) is 48.4 Å². The fourth-order valence-corrected chi connectivity index (χ4v) is 3.80. The molecule has 3 amide bonds. The minimum absolute atomic E-state index is 0.206. The third-order valence-electron chi connectivity index (χ3n) is 5.79. The van der Waals surface area contributed by atoms with Crippen LogP contribution < -0.4 is 10.8 Å². The molecule has 1 atom stereocenters. The molecule has 10 heteroatoms. The van der Waals surface area contributed by atoms with Gasteiger partial charge in [0, 0.05) is 51.5 Å². The van der Waals surface area contributed by atoms with E-state index in [1.807, 2.05) is 6.07 Å². The van der Waals surface area contributed by atoms with Crippen molar-refractivity contribution in [2.24, 2.45) is 0 Å². The maximum Gasteiger partial charge on any atom is 0.275 e. The lowest BCUT2D eigenvalue weighted by Crippen LogP contribution is -2.54. The lowest BCUT2D eigenvalue weighted by Gasteiger charge is -2.25. The Balaban J connectivity index is 1.68. The van der Waals surface area contributed by atoms with Gasteiger partial charge in [-0.2, -0.15) is 0 Å². The Morgan fingerprint density at radius 2 is 1.86 bits per heavy atom. The Bertz CT molecular complexity index is 1140. The zero-order valence-electron chi connectivity index (χ0n) is 20.2. The number of amides is 3. The fraction of sp³-hybridized carbons (Fsp3) is 0.346. The van der Waals surface area contributed by atoms with Crippen LogP contribution in [0.25, 0.3) is 0 Å². The Kier molecular flexibility index (Phi) is 9.53. The molecule has 1 unspecified atom stereocenters. The van der Waals surface area contributed by atoms with Gasteiger partial charge in [-0.15, -0.1) is 0 Å². The summed E-state index contributed by atoms with van der Waals surface area (Å²) >= 11 is 0. The molecular formula is C26H29FN4O5. The molecule has 9 nitrogen and oxygen atoms in total. The highest BCUT2D eigenvalue weighted by molar-refractivity contribution is 6.08. The van der Waals surface area contributed by atoms with E-state index in [9.17, 15) is 18.8 Å². The predicted molar refractivity (Wildman–Crippen MR) is 129 cm³/mol. The van der Waals surface area contributed by atoms with E-state index in [1.165, 1.54) is 37.8 Å². The number of nitrogens with one attached hydrogen (secondary N) is 2. The quantitative estimate of drug-likeness (QED) is 0.239. The van der Waals surface area contributed by atoms with E-state index >= 15 is 0 Å². The highest BCUT2D eigenvalue weighted by atomic mass is 19.1. The summed E-state index contributed by atoms with van der Waals surface area (Å²) in [5.74, 6) is 2.89. The van der Waals surface area contributed by atoms with Crippen LogP contribution in [0.1, 0.15) is 33.5 Å². The Labute approximate surface area is 209 Å². The second-order valence-corrected chi connectivity index (χ2v) is 8.29. The van der Waals surface area contributed by atoms with Crippen molar-refractivity contribution in [3.05, 3.63) is 70.5 Å². The molecule has 2 aromatic carbocycles. The van der Waals surface area contributed by atoms with Crippen molar-refractivity contribution in [1.29, 1.82) is 0 Å². The number of hydroxylamine groups is 1. The molecule has 1 aliphatic rings. The Hall–Kier alpha value is -3.78. The fourth-order valence-electron chi connectivity index (χ4n) is 3.80. The van der Waals surface area contributed by atoms with Gasteiger partial charge in [0.05, 0.1) is 12.2 Å². The highest BCUT2D eigenvalue weighted by Crippen LogP contribution is 2.14. The van der Waals surface area contributed by atoms with Gasteiger partial charge in [-0.25, -0.2) is 9.87 Å². The van der Waals surface area contributed by atoms with Gasteiger partial charge in [0.1, 0.15) is 5.82 Å². The Morgan fingerprint density at radius 1 is 1.11 bits per heavy atom. The van der Waals surface area contributed by atoms with Gasteiger partial charge >= 0.3 is 0 Å². The topological polar surface area (TPSA) is 111 Å². The average molecular weight is 497 g/mol. The summed E-state index contributed by atoms with van der Waals surface area (Å²) in [6.07, 6.45) is 0.958. The lowest BCUT2D eigenvalue weighted by molar-refractivity contribution is -0.140. The molecule has 1 fully saturated rings. The maximum absolute atomic E-state index is 14.6. The van der Waals surface area contributed by atoms with Gasteiger partial charge < -0.3 is 15.0 Å². The molecule has 0 spiro atoms. The van der Waals surface area contributed by atoms with E-state index in [0.29, 0.717) is 18.7 Å². The number of hydrogen-bond donors (Lipinski definition) is 3. The molecule has 3 rings (SSSR count). The van der Waals surface area contributed by atoms with Crippen molar-refractivity contribution in [3.8, 4) is 11.8 Å². The predicted octanol–water partition coefficient (Wildman–Crippen LogP) is 1.14. The Morgan fingerprint density at radius 3 is 2.53 bits per heavy atom. The summed E-state index contributed by atoms with van der Waals surface area (Å²) in [6, 6.07) is 9.62. The molecule has 0 aromatic heterocycles. The van der Waals surface area contributed by atoms with Gasteiger partial charge in [-0.1, -0.05) is 17.9 Å². The molecule has 2 aromatic rings. The van der Waals surface area contributed by atoms with Crippen molar-refractivity contribution in [3.63, 3.8) is 0 Å². The van der Waals surface area contributed by atoms with Gasteiger partial charge in [0.2, 0.25) is 0 Å². The van der Waals surface area contributed by atoms with E-state index < -0.39 is 29.6 Å². The van der Waals surface area contributed by atoms with Crippen LogP contribution in [-0.2, 0) is 20.9 Å². The van der Waals surface area contributed by atoms with Crippen LogP contribution >= 0.6 is 0 Å². The lowest BCUT2D eigenvalue weighted by atomic mass is 10.1. The summed E-state index contributed by atoms with van der Waals surface area (Å²) < 4.78 is 20.1. The molecule has 3 N–H and O–H groups in total. The molecule has 1 saturated heterocycles. The molecule has 0 bridgehead atoms. The van der Waals surface area contributed by atoms with Crippen LogP contribution in [0.3, 0.4) is 0 Å².